The number of hydrogen-bond donors (Lipinski definition) is 1. The fraction of sp³-hybridized carbons (Fsp3) is 0.308. The number of ether oxygens (including phenoxy) is 1. The maximum atomic E-state index is 5.91. The van der Waals surface area contributed by atoms with Gasteiger partial charge in [-0.2, -0.15) is 0 Å². The van der Waals surface area contributed by atoms with Crippen molar-refractivity contribution in [1.29, 1.82) is 0 Å². The van der Waals surface area contributed by atoms with Gasteiger partial charge in [-0.3, -0.25) is 0 Å². The predicted octanol–water partition coefficient (Wildman–Crippen LogP) is 3.40. The molecule has 1 aliphatic rings. The van der Waals surface area contributed by atoms with Crippen LogP contribution in [0.2, 0.25) is 0 Å². The Morgan fingerprint density at radius 3 is 2.78 bits per heavy atom. The second-order valence-electron chi connectivity index (χ2n) is 5.10. The maximum Gasteiger partial charge on any atom is 0.222 e. The van der Waals surface area contributed by atoms with Gasteiger partial charge in [0.15, 0.2) is 0 Å². The second-order valence-corrected chi connectivity index (χ2v) is 5.95. The number of nitrogen functional groups attached to an aromatic ring is 1. The summed E-state index contributed by atoms with van der Waals surface area (Å²) in [6.07, 6.45) is 0.877. The summed E-state index contributed by atoms with van der Waals surface area (Å²) in [5.74, 6) is 1.23. The van der Waals surface area contributed by atoms with Crippen LogP contribution in [0.1, 0.15) is 19.4 Å². The maximum absolute atomic E-state index is 5.91. The molecule has 5 heteroatoms. The first kappa shape index (κ1) is 11.6. The predicted molar refractivity (Wildman–Crippen MR) is 72.5 cm³/mol. The Kier molecular flexibility index (Phi) is 2.41. The van der Waals surface area contributed by atoms with Crippen LogP contribution in [0.15, 0.2) is 27.2 Å². The van der Waals surface area contributed by atoms with Crippen LogP contribution in [-0.2, 0) is 6.42 Å². The van der Waals surface area contributed by atoms with E-state index in [9.17, 15) is 0 Å². The van der Waals surface area contributed by atoms with E-state index in [-0.39, 0.29) is 5.60 Å². The minimum absolute atomic E-state index is 0.160. The number of aromatic nitrogens is 1. The van der Waals surface area contributed by atoms with Crippen LogP contribution in [0.25, 0.3) is 11.3 Å². The minimum atomic E-state index is -0.160. The van der Waals surface area contributed by atoms with E-state index in [1.165, 1.54) is 5.56 Å². The van der Waals surface area contributed by atoms with E-state index in [4.69, 9.17) is 15.0 Å². The van der Waals surface area contributed by atoms with Crippen LogP contribution in [0.3, 0.4) is 0 Å². The summed E-state index contributed by atoms with van der Waals surface area (Å²) in [6, 6.07) is 5.76. The molecule has 1 aromatic heterocycles. The highest BCUT2D eigenvalue weighted by Gasteiger charge is 2.32. The lowest BCUT2D eigenvalue weighted by Crippen LogP contribution is -2.24. The van der Waals surface area contributed by atoms with Gasteiger partial charge >= 0.3 is 0 Å². The molecule has 0 aliphatic carbocycles. The first-order valence-electron chi connectivity index (χ1n) is 5.69. The van der Waals surface area contributed by atoms with Gasteiger partial charge in [-0.25, -0.2) is 0 Å². The van der Waals surface area contributed by atoms with Gasteiger partial charge in [-0.1, -0.05) is 5.16 Å². The molecule has 1 aromatic carbocycles. The van der Waals surface area contributed by atoms with Gasteiger partial charge in [0.25, 0.3) is 0 Å². The van der Waals surface area contributed by atoms with Crippen LogP contribution in [0.5, 0.6) is 5.75 Å². The average Bonchev–Trinajstić information content (AvgIpc) is 2.81. The molecule has 2 N–H and O–H groups in total. The molecule has 0 fully saturated rings. The normalized spacial score (nSPS) is 16.4. The number of rotatable bonds is 1. The molecule has 0 bridgehead atoms. The van der Waals surface area contributed by atoms with E-state index in [0.717, 1.165) is 27.9 Å². The van der Waals surface area contributed by atoms with E-state index in [1.807, 2.05) is 6.07 Å². The van der Waals surface area contributed by atoms with Gasteiger partial charge in [0.2, 0.25) is 5.88 Å². The lowest BCUT2D eigenvalue weighted by Gasteiger charge is -2.17. The first-order chi connectivity index (χ1) is 8.44. The zero-order chi connectivity index (χ0) is 12.9. The average molecular weight is 309 g/mol. The third-order valence-corrected chi connectivity index (χ3v) is 3.53. The molecule has 0 saturated carbocycles. The van der Waals surface area contributed by atoms with E-state index < -0.39 is 0 Å². The summed E-state index contributed by atoms with van der Waals surface area (Å²) in [6.45, 7) is 4.15. The zero-order valence-electron chi connectivity index (χ0n) is 10.2. The van der Waals surface area contributed by atoms with Crippen molar-refractivity contribution in [3.05, 3.63) is 28.2 Å². The molecule has 18 heavy (non-hydrogen) atoms. The molecule has 3 rings (SSSR count). The van der Waals surface area contributed by atoms with Crippen LogP contribution < -0.4 is 10.5 Å². The van der Waals surface area contributed by atoms with Gasteiger partial charge in [-0.15, -0.1) is 0 Å². The topological polar surface area (TPSA) is 61.3 Å². The van der Waals surface area contributed by atoms with Gasteiger partial charge in [0.05, 0.1) is 4.47 Å². The molecule has 0 spiro atoms. The van der Waals surface area contributed by atoms with Crippen LogP contribution in [-0.4, -0.2) is 10.8 Å². The molecule has 0 unspecified atom stereocenters. The number of benzene rings is 1. The Morgan fingerprint density at radius 2 is 2.11 bits per heavy atom. The fourth-order valence-electron chi connectivity index (χ4n) is 2.24. The minimum Gasteiger partial charge on any atom is -0.486 e. The lowest BCUT2D eigenvalue weighted by molar-refractivity contribution is 0.137. The Bertz CT molecular complexity index is 619. The molecular weight excluding hydrogens is 296 g/mol. The summed E-state index contributed by atoms with van der Waals surface area (Å²) < 4.78 is 11.7. The molecule has 94 valence electrons. The number of fused-ring (bicyclic) bond motifs is 1. The molecular formula is C13H13BrN2O2. The van der Waals surface area contributed by atoms with E-state index in [1.54, 1.807) is 6.07 Å². The second kappa shape index (κ2) is 3.75. The number of anilines is 1. The third-order valence-electron chi connectivity index (χ3n) is 2.94. The highest BCUT2D eigenvalue weighted by molar-refractivity contribution is 9.10. The van der Waals surface area contributed by atoms with Crippen molar-refractivity contribution < 1.29 is 9.26 Å². The summed E-state index contributed by atoms with van der Waals surface area (Å²) in [5.41, 5.74) is 8.27. The van der Waals surface area contributed by atoms with Crippen molar-refractivity contribution >= 4 is 21.8 Å². The first-order valence-corrected chi connectivity index (χ1v) is 6.48. The Morgan fingerprint density at radius 1 is 1.33 bits per heavy atom. The summed E-state index contributed by atoms with van der Waals surface area (Å²) >= 11 is 3.54. The molecule has 0 radical (unpaired) electrons. The zero-order valence-corrected chi connectivity index (χ0v) is 11.7. The van der Waals surface area contributed by atoms with Crippen molar-refractivity contribution in [1.82, 2.24) is 5.16 Å². The molecule has 0 amide bonds. The van der Waals surface area contributed by atoms with Crippen molar-refractivity contribution in [3.8, 4) is 17.0 Å². The van der Waals surface area contributed by atoms with Gasteiger partial charge in [-0.05, 0) is 47.5 Å². The van der Waals surface area contributed by atoms with Gasteiger partial charge in [0, 0.05) is 18.1 Å². The van der Waals surface area contributed by atoms with E-state index >= 15 is 0 Å². The third kappa shape index (κ3) is 1.88. The smallest absolute Gasteiger partial charge is 0.222 e. The molecule has 2 heterocycles. The summed E-state index contributed by atoms with van der Waals surface area (Å²) in [7, 11) is 0. The number of nitrogens with zero attached hydrogens (tertiary/aromatic N) is 1. The SMILES string of the molecule is CC1(C)Cc2cc(-c3cc(N)on3)cc(Br)c2O1. The Balaban J connectivity index is 2.09. The number of halogens is 1. The number of nitrogens with two attached hydrogens (primary N) is 1. The monoisotopic (exact) mass is 308 g/mol. The standard InChI is InChI=1S/C13H13BrN2O2/c1-13(2)6-8-3-7(4-9(14)12(8)17-13)10-5-11(15)18-16-10/h3-5H,6,15H2,1-2H3. The van der Waals surface area contributed by atoms with Gasteiger partial charge < -0.3 is 15.0 Å². The van der Waals surface area contributed by atoms with Crippen molar-refractivity contribution in [3.63, 3.8) is 0 Å². The summed E-state index contributed by atoms with van der Waals surface area (Å²) in [5, 5.41) is 3.93. The van der Waals surface area contributed by atoms with Crippen molar-refractivity contribution in [2.24, 2.45) is 0 Å². The van der Waals surface area contributed by atoms with Crippen molar-refractivity contribution in [2.45, 2.75) is 25.9 Å². The van der Waals surface area contributed by atoms with Gasteiger partial charge in [0.1, 0.15) is 17.0 Å². The van der Waals surface area contributed by atoms with E-state index in [0.29, 0.717) is 5.88 Å². The Labute approximate surface area is 113 Å². The largest absolute Gasteiger partial charge is 0.486 e. The fourth-order valence-corrected chi connectivity index (χ4v) is 2.82. The Hall–Kier alpha value is -1.49. The highest BCUT2D eigenvalue weighted by Crippen LogP contribution is 2.42. The van der Waals surface area contributed by atoms with Crippen molar-refractivity contribution in [2.75, 3.05) is 5.73 Å². The molecule has 0 atom stereocenters. The highest BCUT2D eigenvalue weighted by atomic mass is 79.9. The summed E-state index contributed by atoms with van der Waals surface area (Å²) in [4.78, 5) is 0. The van der Waals surface area contributed by atoms with Crippen LogP contribution >= 0.6 is 15.9 Å². The number of hydrogen-bond acceptors (Lipinski definition) is 4. The van der Waals surface area contributed by atoms with Crippen LogP contribution in [0, 0.1) is 0 Å². The lowest BCUT2D eigenvalue weighted by atomic mass is 9.99. The van der Waals surface area contributed by atoms with Crippen LogP contribution in [0.4, 0.5) is 5.88 Å². The van der Waals surface area contributed by atoms with E-state index in [2.05, 4.69) is 41.0 Å². The molecule has 4 nitrogen and oxygen atoms in total. The molecule has 2 aromatic rings. The molecule has 1 aliphatic heterocycles. The molecule has 0 saturated heterocycles. The quantitative estimate of drug-likeness (QED) is 0.877.